The van der Waals surface area contributed by atoms with E-state index >= 15 is 0 Å². The molecule has 1 saturated heterocycles. The molecule has 0 bridgehead atoms. The number of amides is 1. The second-order valence-electron chi connectivity index (χ2n) is 8.72. The first-order valence-corrected chi connectivity index (χ1v) is 11.3. The van der Waals surface area contributed by atoms with Crippen LogP contribution in [0.3, 0.4) is 0 Å². The molecule has 1 aliphatic rings. The molecule has 1 aromatic heterocycles. The van der Waals surface area contributed by atoms with E-state index in [0.29, 0.717) is 0 Å². The van der Waals surface area contributed by atoms with Gasteiger partial charge in [-0.3, -0.25) is 4.79 Å². The summed E-state index contributed by atoms with van der Waals surface area (Å²) in [4.78, 5) is 17.6. The SMILES string of the molecule is Cc1ccccc1N1CCN(C(=O)c2cccc(Cn3ccc4cccc(C)c43)c2)CC1. The molecule has 0 saturated carbocycles. The van der Waals surface area contributed by atoms with Crippen molar-refractivity contribution in [2.45, 2.75) is 20.4 Å². The molecule has 1 aliphatic heterocycles. The summed E-state index contributed by atoms with van der Waals surface area (Å²) < 4.78 is 2.27. The highest BCUT2D eigenvalue weighted by Gasteiger charge is 2.23. The first kappa shape index (κ1) is 20.4. The van der Waals surface area contributed by atoms with E-state index in [2.05, 4.69) is 90.2 Å². The Morgan fingerprint density at radius 3 is 2.38 bits per heavy atom. The lowest BCUT2D eigenvalue weighted by Gasteiger charge is -2.37. The largest absolute Gasteiger partial charge is 0.368 e. The maximum absolute atomic E-state index is 13.2. The molecule has 0 atom stereocenters. The number of aromatic nitrogens is 1. The van der Waals surface area contributed by atoms with Gasteiger partial charge in [0.15, 0.2) is 0 Å². The number of anilines is 1. The molecular formula is C28H29N3O. The van der Waals surface area contributed by atoms with E-state index in [9.17, 15) is 4.79 Å². The average molecular weight is 424 g/mol. The Morgan fingerprint density at radius 1 is 0.812 bits per heavy atom. The van der Waals surface area contributed by atoms with E-state index in [4.69, 9.17) is 0 Å². The van der Waals surface area contributed by atoms with Crippen molar-refractivity contribution in [1.29, 1.82) is 0 Å². The van der Waals surface area contributed by atoms with Gasteiger partial charge in [0, 0.05) is 50.2 Å². The third-order valence-electron chi connectivity index (χ3n) is 6.54. The van der Waals surface area contributed by atoms with E-state index in [1.165, 1.54) is 27.7 Å². The van der Waals surface area contributed by atoms with Crippen LogP contribution in [0.4, 0.5) is 5.69 Å². The number of carbonyl (C=O) groups is 1. The van der Waals surface area contributed by atoms with Crippen LogP contribution in [0.5, 0.6) is 0 Å². The van der Waals surface area contributed by atoms with Crippen molar-refractivity contribution in [2.75, 3.05) is 31.1 Å². The lowest BCUT2D eigenvalue weighted by molar-refractivity contribution is 0.0746. The lowest BCUT2D eigenvalue weighted by Crippen LogP contribution is -2.49. The standard InChI is InChI=1S/C28H29N3O/c1-21-7-3-4-12-26(21)29-15-17-30(18-16-29)28(32)25-11-6-9-23(19-25)20-31-14-13-24-10-5-8-22(2)27(24)31/h3-14,19H,15-18,20H2,1-2H3. The number of carbonyl (C=O) groups excluding carboxylic acids is 1. The third-order valence-corrected chi connectivity index (χ3v) is 6.54. The van der Waals surface area contributed by atoms with Crippen molar-refractivity contribution in [1.82, 2.24) is 9.47 Å². The number of benzene rings is 3. The van der Waals surface area contributed by atoms with Crippen LogP contribution >= 0.6 is 0 Å². The molecule has 0 spiro atoms. The number of fused-ring (bicyclic) bond motifs is 1. The van der Waals surface area contributed by atoms with Crippen LogP contribution in [0.25, 0.3) is 10.9 Å². The number of nitrogens with zero attached hydrogens (tertiary/aromatic N) is 3. The molecular weight excluding hydrogens is 394 g/mol. The zero-order valence-electron chi connectivity index (χ0n) is 18.8. The molecule has 2 heterocycles. The van der Waals surface area contributed by atoms with Gasteiger partial charge in [-0.25, -0.2) is 0 Å². The summed E-state index contributed by atoms with van der Waals surface area (Å²) >= 11 is 0. The van der Waals surface area contributed by atoms with Gasteiger partial charge in [0.05, 0.1) is 5.52 Å². The summed E-state index contributed by atoms with van der Waals surface area (Å²) in [6.07, 6.45) is 2.14. The maximum atomic E-state index is 13.2. The molecule has 4 nitrogen and oxygen atoms in total. The molecule has 1 fully saturated rings. The first-order valence-electron chi connectivity index (χ1n) is 11.3. The van der Waals surface area contributed by atoms with Crippen molar-refractivity contribution in [2.24, 2.45) is 0 Å². The Morgan fingerprint density at radius 2 is 1.56 bits per heavy atom. The van der Waals surface area contributed by atoms with Gasteiger partial charge in [0.25, 0.3) is 5.91 Å². The minimum Gasteiger partial charge on any atom is -0.368 e. The Balaban J connectivity index is 1.29. The normalized spacial score (nSPS) is 14.2. The Kier molecular flexibility index (Phi) is 5.44. The van der Waals surface area contributed by atoms with E-state index in [-0.39, 0.29) is 5.91 Å². The summed E-state index contributed by atoms with van der Waals surface area (Å²) in [5, 5.41) is 1.25. The molecule has 4 aromatic rings. The number of hydrogen-bond acceptors (Lipinski definition) is 2. The second-order valence-corrected chi connectivity index (χ2v) is 8.72. The highest BCUT2D eigenvalue weighted by atomic mass is 16.2. The van der Waals surface area contributed by atoms with Gasteiger partial charge in [0.1, 0.15) is 0 Å². The topological polar surface area (TPSA) is 28.5 Å². The Bertz CT molecular complexity index is 1260. The Hall–Kier alpha value is -3.53. The van der Waals surface area contributed by atoms with Gasteiger partial charge in [-0.1, -0.05) is 48.5 Å². The van der Waals surface area contributed by atoms with Gasteiger partial charge in [-0.15, -0.1) is 0 Å². The average Bonchev–Trinajstić information content (AvgIpc) is 3.23. The number of piperazine rings is 1. The van der Waals surface area contributed by atoms with Crippen LogP contribution in [0.15, 0.2) is 79.0 Å². The van der Waals surface area contributed by atoms with Crippen molar-refractivity contribution in [3.05, 3.63) is 101 Å². The van der Waals surface area contributed by atoms with Crippen LogP contribution in [0.2, 0.25) is 0 Å². The minimum absolute atomic E-state index is 0.129. The lowest BCUT2D eigenvalue weighted by atomic mass is 10.1. The fraction of sp³-hybridized carbons (Fsp3) is 0.250. The van der Waals surface area contributed by atoms with Crippen molar-refractivity contribution in [3.63, 3.8) is 0 Å². The summed E-state index contributed by atoms with van der Waals surface area (Å²) in [5.74, 6) is 0.129. The molecule has 32 heavy (non-hydrogen) atoms. The fourth-order valence-electron chi connectivity index (χ4n) is 4.84. The van der Waals surface area contributed by atoms with Gasteiger partial charge < -0.3 is 14.4 Å². The fourth-order valence-corrected chi connectivity index (χ4v) is 4.84. The quantitative estimate of drug-likeness (QED) is 0.447. The molecule has 1 amide bonds. The summed E-state index contributed by atoms with van der Waals surface area (Å²) in [7, 11) is 0. The zero-order chi connectivity index (χ0) is 22.1. The smallest absolute Gasteiger partial charge is 0.253 e. The molecule has 0 N–H and O–H groups in total. The van der Waals surface area contributed by atoms with Crippen molar-refractivity contribution >= 4 is 22.5 Å². The number of rotatable bonds is 4. The van der Waals surface area contributed by atoms with Crippen LogP contribution in [0.1, 0.15) is 27.0 Å². The predicted octanol–water partition coefficient (Wildman–Crippen LogP) is 5.27. The summed E-state index contributed by atoms with van der Waals surface area (Å²) in [6, 6.07) is 25.1. The van der Waals surface area contributed by atoms with Crippen molar-refractivity contribution in [3.8, 4) is 0 Å². The van der Waals surface area contributed by atoms with E-state index in [1.807, 2.05) is 17.0 Å². The number of para-hydroxylation sites is 2. The third kappa shape index (κ3) is 3.89. The van der Waals surface area contributed by atoms with Crippen LogP contribution < -0.4 is 4.90 Å². The molecule has 3 aromatic carbocycles. The summed E-state index contributed by atoms with van der Waals surface area (Å²) in [6.45, 7) is 8.28. The van der Waals surface area contributed by atoms with E-state index in [1.54, 1.807) is 0 Å². The van der Waals surface area contributed by atoms with Crippen LogP contribution in [-0.4, -0.2) is 41.6 Å². The maximum Gasteiger partial charge on any atom is 0.253 e. The van der Waals surface area contributed by atoms with Crippen LogP contribution in [0, 0.1) is 13.8 Å². The zero-order valence-corrected chi connectivity index (χ0v) is 18.8. The van der Waals surface area contributed by atoms with E-state index in [0.717, 1.165) is 43.9 Å². The number of aryl methyl sites for hydroxylation is 2. The highest BCUT2D eigenvalue weighted by molar-refractivity contribution is 5.94. The minimum atomic E-state index is 0.129. The van der Waals surface area contributed by atoms with Crippen LogP contribution in [-0.2, 0) is 6.54 Å². The molecule has 0 unspecified atom stereocenters. The summed E-state index contributed by atoms with van der Waals surface area (Å²) in [5.41, 5.74) is 7.02. The molecule has 5 rings (SSSR count). The van der Waals surface area contributed by atoms with Crippen molar-refractivity contribution < 1.29 is 4.79 Å². The molecule has 4 heteroatoms. The van der Waals surface area contributed by atoms with E-state index < -0.39 is 0 Å². The highest BCUT2D eigenvalue weighted by Crippen LogP contribution is 2.23. The first-order chi connectivity index (χ1) is 15.6. The second kappa shape index (κ2) is 8.54. The predicted molar refractivity (Wildman–Crippen MR) is 132 cm³/mol. The molecule has 0 radical (unpaired) electrons. The number of hydrogen-bond donors (Lipinski definition) is 0. The molecule has 162 valence electrons. The monoisotopic (exact) mass is 423 g/mol. The Labute approximate surface area is 189 Å². The van der Waals surface area contributed by atoms with Gasteiger partial charge >= 0.3 is 0 Å². The van der Waals surface area contributed by atoms with Gasteiger partial charge in [-0.05, 0) is 60.2 Å². The van der Waals surface area contributed by atoms with Gasteiger partial charge in [-0.2, -0.15) is 0 Å². The molecule has 0 aliphatic carbocycles. The van der Waals surface area contributed by atoms with Gasteiger partial charge in [0.2, 0.25) is 0 Å².